The number of anilines is 1. The fourth-order valence-electron chi connectivity index (χ4n) is 3.21. The number of H-pyrrole nitrogens is 1. The van der Waals surface area contributed by atoms with Gasteiger partial charge in [-0.15, -0.1) is 11.8 Å². The van der Waals surface area contributed by atoms with Crippen molar-refractivity contribution in [1.29, 1.82) is 0 Å². The van der Waals surface area contributed by atoms with Crippen molar-refractivity contribution in [3.05, 3.63) is 48.3 Å². The molecule has 0 unspecified atom stereocenters. The maximum absolute atomic E-state index is 12.8. The second-order valence-electron chi connectivity index (χ2n) is 7.06. The Kier molecular flexibility index (Phi) is 5.89. The van der Waals surface area contributed by atoms with Crippen molar-refractivity contribution in [3.8, 4) is 5.88 Å². The second-order valence-corrected chi connectivity index (χ2v) is 7.94. The van der Waals surface area contributed by atoms with Crippen LogP contribution >= 0.6 is 11.8 Å². The quantitative estimate of drug-likeness (QED) is 0.497. The molecule has 2 amide bonds. The maximum atomic E-state index is 12.8. The largest absolute Gasteiger partial charge is 0.474 e. The molecular formula is C21H23FN4O2S. The van der Waals surface area contributed by atoms with Gasteiger partial charge in [0.2, 0.25) is 5.88 Å². The number of carbonyl (C=O) groups excluding carboxylic acids is 1. The lowest BCUT2D eigenvalue weighted by Crippen LogP contribution is -2.35. The monoisotopic (exact) mass is 414 g/mol. The molecule has 1 aromatic carbocycles. The van der Waals surface area contributed by atoms with Gasteiger partial charge in [0, 0.05) is 53.6 Å². The Morgan fingerprint density at radius 1 is 1.34 bits per heavy atom. The molecule has 6 nitrogen and oxygen atoms in total. The van der Waals surface area contributed by atoms with Crippen LogP contribution in [0.4, 0.5) is 14.9 Å². The Bertz CT molecular complexity index is 986. The third kappa shape index (κ3) is 4.82. The summed E-state index contributed by atoms with van der Waals surface area (Å²) in [7, 11) is 0. The first-order valence-electron chi connectivity index (χ1n) is 9.56. The summed E-state index contributed by atoms with van der Waals surface area (Å²) in [5.41, 5.74) is 2.73. The molecule has 3 N–H and O–H groups in total. The molecule has 4 rings (SSSR count). The number of benzene rings is 1. The average molecular weight is 415 g/mol. The number of rotatable bonds is 7. The van der Waals surface area contributed by atoms with Gasteiger partial charge in [-0.3, -0.25) is 0 Å². The zero-order valence-corrected chi connectivity index (χ0v) is 16.9. The molecule has 0 bridgehead atoms. The number of ether oxygens (including phenoxy) is 1. The van der Waals surface area contributed by atoms with Gasteiger partial charge in [-0.25, -0.2) is 14.2 Å². The van der Waals surface area contributed by atoms with Crippen LogP contribution in [0.25, 0.3) is 10.9 Å². The van der Waals surface area contributed by atoms with Crippen LogP contribution in [0.15, 0.2) is 47.6 Å². The highest BCUT2D eigenvalue weighted by atomic mass is 32.2. The fraction of sp³-hybridized carbons (Fsp3) is 0.333. The molecule has 0 aliphatic heterocycles. The minimum absolute atomic E-state index is 0.0646. The topological polar surface area (TPSA) is 79.0 Å². The van der Waals surface area contributed by atoms with Crippen LogP contribution in [0.2, 0.25) is 0 Å². The fourth-order valence-corrected chi connectivity index (χ4v) is 3.65. The predicted octanol–water partition coefficient (Wildman–Crippen LogP) is 4.53. The SMILES string of the molecule is CSc1ccc2[nH]cc(NC(=O)NCCc3ccc(OC4CC(F)C4)nc3)c2c1. The first-order chi connectivity index (χ1) is 14.1. The van der Waals surface area contributed by atoms with Crippen LogP contribution in [-0.2, 0) is 6.42 Å². The number of nitrogens with zero attached hydrogens (tertiary/aromatic N) is 1. The molecule has 1 saturated carbocycles. The van der Waals surface area contributed by atoms with E-state index in [0.717, 1.165) is 27.0 Å². The van der Waals surface area contributed by atoms with Crippen molar-refractivity contribution in [2.75, 3.05) is 18.1 Å². The zero-order chi connectivity index (χ0) is 20.2. The van der Waals surface area contributed by atoms with Crippen LogP contribution in [0.1, 0.15) is 18.4 Å². The molecule has 1 aliphatic carbocycles. The number of nitrogens with one attached hydrogen (secondary N) is 3. The highest BCUT2D eigenvalue weighted by Gasteiger charge is 2.30. The van der Waals surface area contributed by atoms with Crippen molar-refractivity contribution >= 4 is 34.4 Å². The van der Waals surface area contributed by atoms with E-state index in [0.29, 0.717) is 31.7 Å². The van der Waals surface area contributed by atoms with Crippen molar-refractivity contribution in [3.63, 3.8) is 0 Å². The van der Waals surface area contributed by atoms with Gasteiger partial charge in [0.05, 0.1) is 5.69 Å². The normalized spacial score (nSPS) is 18.3. The number of halogens is 1. The standard InChI is InChI=1S/C21H23FN4O2S/c1-29-16-3-4-18-17(10-16)19(12-24-18)26-21(27)23-7-6-13-2-5-20(25-11-13)28-15-8-14(22)9-15/h2-5,10-12,14-15,24H,6-9H2,1H3,(H2,23,26,27). The highest BCUT2D eigenvalue weighted by Crippen LogP contribution is 2.28. The third-order valence-corrected chi connectivity index (χ3v) is 5.68. The number of carbonyl (C=O) groups is 1. The molecule has 29 heavy (non-hydrogen) atoms. The van der Waals surface area contributed by atoms with Crippen LogP contribution in [0.3, 0.4) is 0 Å². The molecule has 0 atom stereocenters. The van der Waals surface area contributed by atoms with E-state index in [1.165, 1.54) is 0 Å². The lowest BCUT2D eigenvalue weighted by atomic mass is 9.94. The molecule has 2 aromatic heterocycles. The molecule has 3 aromatic rings. The molecule has 0 radical (unpaired) electrons. The van der Waals surface area contributed by atoms with Crippen molar-refractivity contribution in [1.82, 2.24) is 15.3 Å². The van der Waals surface area contributed by atoms with Crippen molar-refractivity contribution < 1.29 is 13.9 Å². The van der Waals surface area contributed by atoms with Crippen molar-refractivity contribution in [2.24, 2.45) is 0 Å². The summed E-state index contributed by atoms with van der Waals surface area (Å²) in [5.74, 6) is 0.514. The molecule has 152 valence electrons. The number of hydrogen-bond donors (Lipinski definition) is 3. The second kappa shape index (κ2) is 8.73. The van der Waals surface area contributed by atoms with E-state index < -0.39 is 6.17 Å². The summed E-state index contributed by atoms with van der Waals surface area (Å²) in [4.78, 5) is 20.8. The Balaban J connectivity index is 1.25. The molecule has 2 heterocycles. The number of thioether (sulfide) groups is 1. The predicted molar refractivity (Wildman–Crippen MR) is 114 cm³/mol. The molecule has 0 spiro atoms. The number of alkyl halides is 1. The molecular weight excluding hydrogens is 391 g/mol. The first kappa shape index (κ1) is 19.6. The Hall–Kier alpha value is -2.74. The van der Waals surface area contributed by atoms with E-state index in [1.54, 1.807) is 30.2 Å². The summed E-state index contributed by atoms with van der Waals surface area (Å²) >= 11 is 1.66. The lowest BCUT2D eigenvalue weighted by molar-refractivity contribution is 0.0378. The van der Waals surface area contributed by atoms with Gasteiger partial charge in [-0.2, -0.15) is 0 Å². The van der Waals surface area contributed by atoms with Crippen LogP contribution in [0.5, 0.6) is 5.88 Å². The van der Waals surface area contributed by atoms with Crippen molar-refractivity contribution in [2.45, 2.75) is 36.4 Å². The number of hydrogen-bond acceptors (Lipinski definition) is 4. The number of fused-ring (bicyclic) bond motifs is 1. The van der Waals surface area contributed by atoms with E-state index >= 15 is 0 Å². The lowest BCUT2D eigenvalue weighted by Gasteiger charge is -2.29. The number of urea groups is 1. The van der Waals surface area contributed by atoms with E-state index in [1.807, 2.05) is 24.5 Å². The number of aromatic amines is 1. The van der Waals surface area contributed by atoms with Gasteiger partial charge in [0.15, 0.2) is 0 Å². The van der Waals surface area contributed by atoms with Gasteiger partial charge in [0.25, 0.3) is 0 Å². The van der Waals surface area contributed by atoms with Gasteiger partial charge in [0.1, 0.15) is 12.3 Å². The Morgan fingerprint density at radius 3 is 2.93 bits per heavy atom. The Morgan fingerprint density at radius 2 is 2.21 bits per heavy atom. The van der Waals surface area contributed by atoms with Crippen LogP contribution < -0.4 is 15.4 Å². The first-order valence-corrected chi connectivity index (χ1v) is 10.8. The summed E-state index contributed by atoms with van der Waals surface area (Å²) in [6.07, 6.45) is 6.27. The Labute approximate surface area is 172 Å². The van der Waals surface area contributed by atoms with Gasteiger partial charge in [-0.1, -0.05) is 6.07 Å². The summed E-state index contributed by atoms with van der Waals surface area (Å²) < 4.78 is 18.4. The van der Waals surface area contributed by atoms with Crippen LogP contribution in [0, 0.1) is 0 Å². The van der Waals surface area contributed by atoms with Crippen LogP contribution in [-0.4, -0.2) is 41.1 Å². The highest BCUT2D eigenvalue weighted by molar-refractivity contribution is 7.98. The number of aromatic nitrogens is 2. The maximum Gasteiger partial charge on any atom is 0.319 e. The van der Waals surface area contributed by atoms with Gasteiger partial charge >= 0.3 is 6.03 Å². The van der Waals surface area contributed by atoms with E-state index in [2.05, 4.69) is 26.7 Å². The molecule has 8 heteroatoms. The molecule has 1 aliphatic rings. The summed E-state index contributed by atoms with van der Waals surface area (Å²) in [5, 5.41) is 6.74. The minimum Gasteiger partial charge on any atom is -0.474 e. The van der Waals surface area contributed by atoms with Gasteiger partial charge in [-0.05, 0) is 36.4 Å². The van der Waals surface area contributed by atoms with E-state index in [-0.39, 0.29) is 12.1 Å². The van der Waals surface area contributed by atoms with E-state index in [9.17, 15) is 9.18 Å². The number of pyridine rings is 1. The zero-order valence-electron chi connectivity index (χ0n) is 16.1. The number of amides is 2. The van der Waals surface area contributed by atoms with Gasteiger partial charge < -0.3 is 20.4 Å². The molecule has 1 fully saturated rings. The average Bonchev–Trinajstić information content (AvgIpc) is 3.10. The molecule has 0 saturated heterocycles. The summed E-state index contributed by atoms with van der Waals surface area (Å²) in [6, 6.07) is 9.55. The smallest absolute Gasteiger partial charge is 0.319 e. The minimum atomic E-state index is -0.742. The third-order valence-electron chi connectivity index (χ3n) is 4.96. The summed E-state index contributed by atoms with van der Waals surface area (Å²) in [6.45, 7) is 0.484. The van der Waals surface area contributed by atoms with E-state index in [4.69, 9.17) is 4.74 Å².